The van der Waals surface area contributed by atoms with E-state index in [9.17, 15) is 13.2 Å². The molecule has 1 aromatic heterocycles. The number of piperidine rings is 1. The molecule has 2 aliphatic heterocycles. The molecule has 0 bridgehead atoms. The number of hydrogen-bond acceptors (Lipinski definition) is 6. The molecule has 27 heavy (non-hydrogen) atoms. The largest absolute Gasteiger partial charge is 0.379 e. The number of aryl methyl sites for hydroxylation is 1. The molecule has 152 valence electrons. The van der Waals surface area contributed by atoms with Gasteiger partial charge in [0.05, 0.1) is 31.2 Å². The Bertz CT molecular complexity index is 744. The van der Waals surface area contributed by atoms with Crippen molar-refractivity contribution in [2.45, 2.75) is 18.9 Å². The summed E-state index contributed by atoms with van der Waals surface area (Å²) >= 11 is 0. The lowest BCUT2D eigenvalue weighted by Gasteiger charge is -2.39. The van der Waals surface area contributed by atoms with Crippen molar-refractivity contribution in [2.75, 3.05) is 58.7 Å². The maximum atomic E-state index is 12.7. The number of likely N-dealkylation sites (tertiary alicyclic amines) is 1. The van der Waals surface area contributed by atoms with Crippen LogP contribution in [0.25, 0.3) is 0 Å². The molecule has 0 aliphatic carbocycles. The predicted octanol–water partition coefficient (Wildman–Crippen LogP) is -0.381. The van der Waals surface area contributed by atoms with Crippen LogP contribution in [0.5, 0.6) is 0 Å². The summed E-state index contributed by atoms with van der Waals surface area (Å²) in [6.45, 7) is 5.23. The fraction of sp³-hybridized carbons (Fsp3) is 0.765. The number of nitrogens with zero attached hydrogens (tertiary/aromatic N) is 5. The van der Waals surface area contributed by atoms with E-state index in [1.54, 1.807) is 33.3 Å². The molecule has 2 saturated heterocycles. The minimum atomic E-state index is -3.35. The van der Waals surface area contributed by atoms with Crippen LogP contribution in [0.4, 0.5) is 0 Å². The first-order valence-corrected chi connectivity index (χ1v) is 11.2. The SMILES string of the molecule is Cn1cc(C(=O)N2CCCC(N(CCN3CCOCC3)S(C)(=O)=O)C2)cn1. The van der Waals surface area contributed by atoms with Gasteiger partial charge in [0, 0.05) is 58.6 Å². The summed E-state index contributed by atoms with van der Waals surface area (Å²) in [7, 11) is -1.58. The van der Waals surface area contributed by atoms with Crippen molar-refractivity contribution in [1.29, 1.82) is 0 Å². The molecule has 3 rings (SSSR count). The molecule has 0 radical (unpaired) electrons. The van der Waals surface area contributed by atoms with Gasteiger partial charge in [-0.15, -0.1) is 0 Å². The number of carbonyl (C=O) groups is 1. The van der Waals surface area contributed by atoms with Crippen molar-refractivity contribution in [1.82, 2.24) is 23.9 Å². The number of amides is 1. The lowest BCUT2D eigenvalue weighted by molar-refractivity contribution is 0.0334. The lowest BCUT2D eigenvalue weighted by Crippen LogP contribution is -2.53. The third-order valence-corrected chi connectivity index (χ3v) is 6.54. The second kappa shape index (κ2) is 8.68. The van der Waals surface area contributed by atoms with E-state index in [0.717, 1.165) is 25.9 Å². The van der Waals surface area contributed by atoms with Gasteiger partial charge in [0.25, 0.3) is 5.91 Å². The summed E-state index contributed by atoms with van der Waals surface area (Å²) in [5.41, 5.74) is 0.539. The Balaban J connectivity index is 1.65. The van der Waals surface area contributed by atoms with E-state index in [1.165, 1.54) is 6.26 Å². The Hall–Kier alpha value is -1.49. The summed E-state index contributed by atoms with van der Waals surface area (Å²) in [6.07, 6.45) is 6.07. The molecule has 0 spiro atoms. The maximum absolute atomic E-state index is 12.7. The molecule has 1 atom stereocenters. The van der Waals surface area contributed by atoms with Crippen LogP contribution in [0.1, 0.15) is 23.2 Å². The average Bonchev–Trinajstić information content (AvgIpc) is 3.08. The third-order valence-electron chi connectivity index (χ3n) is 5.21. The number of rotatable bonds is 6. The number of hydrogen-bond donors (Lipinski definition) is 0. The van der Waals surface area contributed by atoms with E-state index in [2.05, 4.69) is 10.00 Å². The maximum Gasteiger partial charge on any atom is 0.257 e. The van der Waals surface area contributed by atoms with Crippen molar-refractivity contribution in [2.24, 2.45) is 7.05 Å². The zero-order valence-corrected chi connectivity index (χ0v) is 16.9. The molecular weight excluding hydrogens is 370 g/mol. The Kier molecular flexibility index (Phi) is 6.51. The summed E-state index contributed by atoms with van der Waals surface area (Å²) in [6, 6.07) is -0.185. The zero-order chi connectivity index (χ0) is 19.4. The molecule has 1 amide bonds. The topological polar surface area (TPSA) is 88.0 Å². The summed E-state index contributed by atoms with van der Waals surface area (Å²) in [5.74, 6) is -0.0885. The minimum absolute atomic E-state index is 0.0885. The first-order valence-electron chi connectivity index (χ1n) is 9.39. The highest BCUT2D eigenvalue weighted by atomic mass is 32.2. The Morgan fingerprint density at radius 3 is 2.70 bits per heavy atom. The highest BCUT2D eigenvalue weighted by Crippen LogP contribution is 2.20. The van der Waals surface area contributed by atoms with Crippen LogP contribution < -0.4 is 0 Å². The second-order valence-corrected chi connectivity index (χ2v) is 9.21. The number of sulfonamides is 1. The van der Waals surface area contributed by atoms with Gasteiger partial charge in [-0.1, -0.05) is 0 Å². The molecular formula is C17H29N5O4S. The first kappa shape index (κ1) is 20.2. The van der Waals surface area contributed by atoms with E-state index in [4.69, 9.17) is 4.74 Å². The molecule has 1 unspecified atom stereocenters. The van der Waals surface area contributed by atoms with Gasteiger partial charge >= 0.3 is 0 Å². The van der Waals surface area contributed by atoms with Crippen molar-refractivity contribution < 1.29 is 17.9 Å². The van der Waals surface area contributed by atoms with E-state index >= 15 is 0 Å². The molecule has 0 saturated carbocycles. The van der Waals surface area contributed by atoms with Crippen molar-refractivity contribution in [3.63, 3.8) is 0 Å². The van der Waals surface area contributed by atoms with Crippen LogP contribution in [0.15, 0.2) is 12.4 Å². The van der Waals surface area contributed by atoms with Gasteiger partial charge in [-0.3, -0.25) is 14.4 Å². The van der Waals surface area contributed by atoms with E-state index < -0.39 is 10.0 Å². The van der Waals surface area contributed by atoms with Crippen molar-refractivity contribution in [3.05, 3.63) is 18.0 Å². The van der Waals surface area contributed by atoms with E-state index in [-0.39, 0.29) is 11.9 Å². The fourth-order valence-electron chi connectivity index (χ4n) is 3.77. The van der Waals surface area contributed by atoms with Crippen LogP contribution in [-0.4, -0.2) is 103 Å². The third kappa shape index (κ3) is 5.28. The summed E-state index contributed by atoms with van der Waals surface area (Å²) in [5, 5.41) is 4.05. The van der Waals surface area contributed by atoms with Crippen LogP contribution >= 0.6 is 0 Å². The molecule has 0 aromatic carbocycles. The fourth-order valence-corrected chi connectivity index (χ4v) is 4.90. The Labute approximate surface area is 160 Å². The quantitative estimate of drug-likeness (QED) is 0.648. The minimum Gasteiger partial charge on any atom is -0.379 e. The molecule has 2 aliphatic rings. The van der Waals surface area contributed by atoms with Crippen LogP contribution in [-0.2, 0) is 21.8 Å². The number of carbonyl (C=O) groups excluding carboxylic acids is 1. The van der Waals surface area contributed by atoms with Gasteiger partial charge in [-0.25, -0.2) is 8.42 Å². The summed E-state index contributed by atoms with van der Waals surface area (Å²) in [4.78, 5) is 16.7. The number of morpholine rings is 1. The van der Waals surface area contributed by atoms with Crippen molar-refractivity contribution in [3.8, 4) is 0 Å². The average molecular weight is 400 g/mol. The molecule has 0 N–H and O–H groups in total. The smallest absolute Gasteiger partial charge is 0.257 e. The van der Waals surface area contributed by atoms with Gasteiger partial charge in [0.15, 0.2) is 0 Å². The van der Waals surface area contributed by atoms with Crippen LogP contribution in [0.3, 0.4) is 0 Å². The summed E-state index contributed by atoms with van der Waals surface area (Å²) < 4.78 is 33.4. The number of ether oxygens (including phenoxy) is 1. The van der Waals surface area contributed by atoms with Gasteiger partial charge in [-0.2, -0.15) is 9.40 Å². The van der Waals surface area contributed by atoms with E-state index in [0.29, 0.717) is 45.0 Å². The molecule has 1 aromatic rings. The zero-order valence-electron chi connectivity index (χ0n) is 16.1. The van der Waals surface area contributed by atoms with E-state index in [1.807, 2.05) is 0 Å². The Morgan fingerprint density at radius 2 is 2.07 bits per heavy atom. The molecule has 2 fully saturated rings. The highest BCUT2D eigenvalue weighted by Gasteiger charge is 2.33. The van der Waals surface area contributed by atoms with Gasteiger partial charge < -0.3 is 9.64 Å². The number of aromatic nitrogens is 2. The second-order valence-electron chi connectivity index (χ2n) is 7.28. The van der Waals surface area contributed by atoms with Crippen molar-refractivity contribution >= 4 is 15.9 Å². The monoisotopic (exact) mass is 399 g/mol. The highest BCUT2D eigenvalue weighted by molar-refractivity contribution is 7.88. The molecule has 9 nitrogen and oxygen atoms in total. The van der Waals surface area contributed by atoms with Gasteiger partial charge in [0.1, 0.15) is 0 Å². The van der Waals surface area contributed by atoms with Gasteiger partial charge in [0.2, 0.25) is 10.0 Å². The standard InChI is InChI=1S/C17H29N5O4S/c1-19-13-15(12-18-19)17(23)21-5-3-4-16(14-21)22(27(2,24)25)7-6-20-8-10-26-11-9-20/h12-13,16H,3-11,14H2,1-2H3. The van der Waals surface area contributed by atoms with Gasteiger partial charge in [-0.05, 0) is 12.8 Å². The van der Waals surface area contributed by atoms with Crippen LogP contribution in [0.2, 0.25) is 0 Å². The molecule has 3 heterocycles. The first-order chi connectivity index (χ1) is 12.8. The molecule has 10 heteroatoms. The normalized spacial score (nSPS) is 22.3. The predicted molar refractivity (Wildman–Crippen MR) is 101 cm³/mol. The van der Waals surface area contributed by atoms with Crippen LogP contribution in [0, 0.1) is 0 Å². The lowest BCUT2D eigenvalue weighted by atomic mass is 10.0. The Morgan fingerprint density at radius 1 is 1.33 bits per heavy atom.